The van der Waals surface area contributed by atoms with Crippen LogP contribution in [0, 0.1) is 21.4 Å². The maximum absolute atomic E-state index is 10.8. The third-order valence-corrected chi connectivity index (χ3v) is 2.42. The van der Waals surface area contributed by atoms with Crippen molar-refractivity contribution in [3.8, 4) is 11.8 Å². The minimum Gasteiger partial charge on any atom is -0.487 e. The number of para-hydroxylation sites is 2. The minimum absolute atomic E-state index is 0.0622. The van der Waals surface area contributed by atoms with Crippen molar-refractivity contribution in [3.05, 3.63) is 34.4 Å². The topological polar surface area (TPSA) is 88.2 Å². The second-order valence-corrected chi connectivity index (χ2v) is 4.37. The van der Waals surface area contributed by atoms with Crippen LogP contribution < -0.4 is 10.1 Å². The average molecular weight is 263 g/mol. The smallest absolute Gasteiger partial charge is 0.310 e. The lowest BCUT2D eigenvalue weighted by Crippen LogP contribution is -2.34. The second kappa shape index (κ2) is 7.34. The summed E-state index contributed by atoms with van der Waals surface area (Å²) >= 11 is 0. The van der Waals surface area contributed by atoms with Gasteiger partial charge in [0, 0.05) is 18.5 Å². The number of nitro groups is 1. The monoisotopic (exact) mass is 263 g/mol. The van der Waals surface area contributed by atoms with Crippen LogP contribution in [0.3, 0.4) is 0 Å². The van der Waals surface area contributed by atoms with Crippen LogP contribution in [-0.2, 0) is 0 Å². The van der Waals surface area contributed by atoms with E-state index in [4.69, 9.17) is 10.00 Å². The summed E-state index contributed by atoms with van der Waals surface area (Å²) in [6.45, 7) is 4.16. The van der Waals surface area contributed by atoms with E-state index in [2.05, 4.69) is 11.4 Å². The molecule has 0 heterocycles. The molecule has 6 heteroatoms. The number of nitriles is 1. The van der Waals surface area contributed by atoms with Crippen LogP contribution in [0.25, 0.3) is 0 Å². The van der Waals surface area contributed by atoms with E-state index in [1.54, 1.807) is 18.2 Å². The summed E-state index contributed by atoms with van der Waals surface area (Å²) in [4.78, 5) is 10.3. The second-order valence-electron chi connectivity index (χ2n) is 4.37. The highest BCUT2D eigenvalue weighted by molar-refractivity contribution is 5.45. The molecule has 0 saturated heterocycles. The van der Waals surface area contributed by atoms with Gasteiger partial charge in [-0.15, -0.1) is 0 Å². The summed E-state index contributed by atoms with van der Waals surface area (Å²) < 4.78 is 5.38. The quantitative estimate of drug-likeness (QED) is 0.602. The first-order valence-electron chi connectivity index (χ1n) is 6.06. The lowest BCUT2D eigenvalue weighted by Gasteiger charge is -2.14. The fourth-order valence-corrected chi connectivity index (χ4v) is 1.60. The summed E-state index contributed by atoms with van der Waals surface area (Å²) in [6.07, 6.45) is 0.473. The van der Waals surface area contributed by atoms with Crippen molar-refractivity contribution in [2.75, 3.05) is 6.61 Å². The number of nitrogens with zero attached hydrogens (tertiary/aromatic N) is 2. The van der Waals surface area contributed by atoms with Crippen molar-refractivity contribution < 1.29 is 9.66 Å². The molecule has 0 saturated carbocycles. The maximum Gasteiger partial charge on any atom is 0.310 e. The number of hydrogen-bond donors (Lipinski definition) is 1. The highest BCUT2D eigenvalue weighted by atomic mass is 16.6. The lowest BCUT2D eigenvalue weighted by molar-refractivity contribution is -0.385. The number of nitro benzene ring substituents is 1. The highest BCUT2D eigenvalue weighted by Crippen LogP contribution is 2.25. The summed E-state index contributed by atoms with van der Waals surface area (Å²) in [5, 5.41) is 22.8. The summed E-state index contributed by atoms with van der Waals surface area (Å²) in [5.74, 6) is 0.230. The molecule has 1 unspecified atom stereocenters. The van der Waals surface area contributed by atoms with Crippen LogP contribution in [0.5, 0.6) is 5.75 Å². The van der Waals surface area contributed by atoms with Crippen LogP contribution in [-0.4, -0.2) is 23.6 Å². The summed E-state index contributed by atoms with van der Waals surface area (Å²) in [6, 6.07) is 8.23. The van der Waals surface area contributed by atoms with Gasteiger partial charge in [0.25, 0.3) is 0 Å². The largest absolute Gasteiger partial charge is 0.487 e. The van der Waals surface area contributed by atoms with Crippen molar-refractivity contribution in [2.45, 2.75) is 32.4 Å². The molecule has 0 aromatic heterocycles. The van der Waals surface area contributed by atoms with Crippen molar-refractivity contribution in [3.63, 3.8) is 0 Å². The first-order chi connectivity index (χ1) is 9.04. The normalized spacial score (nSPS) is 11.9. The van der Waals surface area contributed by atoms with Crippen molar-refractivity contribution in [1.82, 2.24) is 5.32 Å². The fourth-order valence-electron chi connectivity index (χ4n) is 1.60. The van der Waals surface area contributed by atoms with Gasteiger partial charge < -0.3 is 4.74 Å². The molecule has 0 aliphatic carbocycles. The standard InChI is InChI=1S/C13H17N3O3/c1-10(2)15-11(9-14)7-8-19-13-6-4-3-5-12(13)16(17)18/h3-6,10-11,15H,7-8H2,1-2H3. The van der Waals surface area contributed by atoms with E-state index in [0.717, 1.165) is 0 Å². The van der Waals surface area contributed by atoms with E-state index in [1.807, 2.05) is 13.8 Å². The van der Waals surface area contributed by atoms with E-state index in [0.29, 0.717) is 6.42 Å². The molecule has 0 aliphatic rings. The van der Waals surface area contributed by atoms with Crippen LogP contribution in [0.1, 0.15) is 20.3 Å². The molecular weight excluding hydrogens is 246 g/mol. The molecule has 0 amide bonds. The Labute approximate surface area is 112 Å². The molecule has 0 fully saturated rings. The van der Waals surface area contributed by atoms with Crippen molar-refractivity contribution >= 4 is 5.69 Å². The molecule has 1 atom stereocenters. The Bertz CT molecular complexity index is 468. The summed E-state index contributed by atoms with van der Waals surface area (Å²) in [5.41, 5.74) is -0.0622. The van der Waals surface area contributed by atoms with Gasteiger partial charge in [0.05, 0.1) is 23.6 Å². The zero-order valence-corrected chi connectivity index (χ0v) is 11.0. The Morgan fingerprint density at radius 2 is 2.16 bits per heavy atom. The van der Waals surface area contributed by atoms with Gasteiger partial charge in [0.15, 0.2) is 5.75 Å². The number of nitrogens with one attached hydrogen (secondary N) is 1. The molecule has 0 bridgehead atoms. The zero-order valence-electron chi connectivity index (χ0n) is 11.0. The first-order valence-corrected chi connectivity index (χ1v) is 6.06. The number of ether oxygens (including phenoxy) is 1. The van der Waals surface area contributed by atoms with E-state index in [1.165, 1.54) is 6.07 Å². The number of hydrogen-bond acceptors (Lipinski definition) is 5. The summed E-state index contributed by atoms with van der Waals surface area (Å²) in [7, 11) is 0. The Morgan fingerprint density at radius 3 is 2.74 bits per heavy atom. The Kier molecular flexibility index (Phi) is 5.76. The SMILES string of the molecule is CC(C)NC(C#N)CCOc1ccccc1[N+](=O)[O-]. The van der Waals surface area contributed by atoms with Crippen LogP contribution in [0.15, 0.2) is 24.3 Å². The molecule has 1 aromatic rings. The van der Waals surface area contributed by atoms with Gasteiger partial charge in [-0.1, -0.05) is 12.1 Å². The number of rotatable bonds is 7. The molecule has 19 heavy (non-hydrogen) atoms. The van der Waals surface area contributed by atoms with Gasteiger partial charge in [-0.3, -0.25) is 15.4 Å². The predicted octanol–water partition coefficient (Wildman–Crippen LogP) is 2.25. The third-order valence-electron chi connectivity index (χ3n) is 2.42. The van der Waals surface area contributed by atoms with Crippen molar-refractivity contribution in [2.24, 2.45) is 0 Å². The van der Waals surface area contributed by atoms with Crippen LogP contribution in [0.2, 0.25) is 0 Å². The zero-order chi connectivity index (χ0) is 14.3. The van der Waals surface area contributed by atoms with Gasteiger partial charge >= 0.3 is 5.69 Å². The Morgan fingerprint density at radius 1 is 1.47 bits per heavy atom. The maximum atomic E-state index is 10.8. The molecule has 0 aliphatic heterocycles. The molecule has 6 nitrogen and oxygen atoms in total. The van der Waals surface area contributed by atoms with Gasteiger partial charge in [-0.25, -0.2) is 0 Å². The van der Waals surface area contributed by atoms with E-state index >= 15 is 0 Å². The molecule has 1 aromatic carbocycles. The van der Waals surface area contributed by atoms with Gasteiger partial charge in [-0.05, 0) is 19.9 Å². The molecule has 1 N–H and O–H groups in total. The minimum atomic E-state index is -0.483. The highest BCUT2D eigenvalue weighted by Gasteiger charge is 2.14. The lowest BCUT2D eigenvalue weighted by atomic mass is 10.2. The number of benzene rings is 1. The Hall–Kier alpha value is -2.13. The first kappa shape index (κ1) is 14.9. The molecule has 1 rings (SSSR count). The third kappa shape index (κ3) is 4.94. The van der Waals surface area contributed by atoms with E-state index in [9.17, 15) is 10.1 Å². The molecular formula is C13H17N3O3. The van der Waals surface area contributed by atoms with E-state index < -0.39 is 4.92 Å². The average Bonchev–Trinajstić information content (AvgIpc) is 2.37. The van der Waals surface area contributed by atoms with Gasteiger partial charge in [-0.2, -0.15) is 5.26 Å². The van der Waals surface area contributed by atoms with E-state index in [-0.39, 0.29) is 30.1 Å². The van der Waals surface area contributed by atoms with Crippen LogP contribution >= 0.6 is 0 Å². The van der Waals surface area contributed by atoms with Gasteiger partial charge in [0.2, 0.25) is 0 Å². The molecule has 0 radical (unpaired) electrons. The van der Waals surface area contributed by atoms with Crippen molar-refractivity contribution in [1.29, 1.82) is 5.26 Å². The Balaban J connectivity index is 2.54. The predicted molar refractivity (Wildman–Crippen MR) is 70.9 cm³/mol. The fraction of sp³-hybridized carbons (Fsp3) is 0.462. The molecule has 102 valence electrons. The van der Waals surface area contributed by atoms with Gasteiger partial charge in [0.1, 0.15) is 0 Å². The molecule has 0 spiro atoms. The van der Waals surface area contributed by atoms with Crippen LogP contribution in [0.4, 0.5) is 5.69 Å².